The van der Waals surface area contributed by atoms with E-state index in [1.807, 2.05) is 24.3 Å². The Bertz CT molecular complexity index is 1460. The van der Waals surface area contributed by atoms with Gasteiger partial charge in [-0.2, -0.15) is 0 Å². The number of hydrogen-bond donors (Lipinski definition) is 3. The number of aromatic hydroxyl groups is 3. The van der Waals surface area contributed by atoms with Crippen LogP contribution >= 0.6 is 0 Å². The molecule has 0 spiro atoms. The lowest BCUT2D eigenvalue weighted by Gasteiger charge is -2.12. The Balaban J connectivity index is 1.65. The van der Waals surface area contributed by atoms with E-state index in [1.165, 1.54) is 42.0 Å². The van der Waals surface area contributed by atoms with Crippen LogP contribution in [0.2, 0.25) is 0 Å². The first kappa shape index (κ1) is 23.6. The number of ketones is 1. The SMILES string of the molecule is CC(C)c1ccc(/C=C/C(=O)COc2c(-c3ccc(O)cc3)oc3cc(O)cc(O)c3c2=O)cc1. The van der Waals surface area contributed by atoms with E-state index in [9.17, 15) is 24.9 Å². The Kier molecular flexibility index (Phi) is 6.59. The Morgan fingerprint density at radius 3 is 2.31 bits per heavy atom. The average Bonchev–Trinajstić information content (AvgIpc) is 2.82. The Morgan fingerprint density at radius 1 is 0.971 bits per heavy atom. The number of rotatable bonds is 7. The largest absolute Gasteiger partial charge is 0.508 e. The maximum atomic E-state index is 13.2. The Hall–Kier alpha value is -4.52. The van der Waals surface area contributed by atoms with Gasteiger partial charge in [0.2, 0.25) is 11.2 Å². The van der Waals surface area contributed by atoms with Crippen LogP contribution in [0, 0.1) is 0 Å². The molecule has 3 N–H and O–H groups in total. The number of hydrogen-bond acceptors (Lipinski definition) is 7. The minimum atomic E-state index is -0.701. The maximum Gasteiger partial charge on any atom is 0.239 e. The van der Waals surface area contributed by atoms with Crippen molar-refractivity contribution in [2.24, 2.45) is 0 Å². The topological polar surface area (TPSA) is 117 Å². The molecule has 178 valence electrons. The summed E-state index contributed by atoms with van der Waals surface area (Å²) in [5.74, 6) is -1.01. The van der Waals surface area contributed by atoms with E-state index >= 15 is 0 Å². The monoisotopic (exact) mass is 472 g/mol. The highest BCUT2D eigenvalue weighted by Crippen LogP contribution is 2.36. The summed E-state index contributed by atoms with van der Waals surface area (Å²) >= 11 is 0. The fourth-order valence-electron chi connectivity index (χ4n) is 3.57. The molecule has 0 aliphatic rings. The molecular weight excluding hydrogens is 448 g/mol. The summed E-state index contributed by atoms with van der Waals surface area (Å²) in [6.07, 6.45) is 3.02. The summed E-state index contributed by atoms with van der Waals surface area (Å²) in [6.45, 7) is 3.76. The molecule has 0 aliphatic heterocycles. The number of fused-ring (bicyclic) bond motifs is 1. The normalized spacial score (nSPS) is 11.4. The number of benzene rings is 3. The van der Waals surface area contributed by atoms with E-state index in [0.29, 0.717) is 11.5 Å². The number of ether oxygens (including phenoxy) is 1. The van der Waals surface area contributed by atoms with Gasteiger partial charge in [-0.15, -0.1) is 0 Å². The van der Waals surface area contributed by atoms with E-state index in [2.05, 4.69) is 13.8 Å². The van der Waals surface area contributed by atoms with Crippen molar-refractivity contribution < 1.29 is 29.3 Å². The zero-order valence-electron chi connectivity index (χ0n) is 19.2. The number of phenolic OH excluding ortho intramolecular Hbond substituents is 3. The molecule has 7 nitrogen and oxygen atoms in total. The van der Waals surface area contributed by atoms with Gasteiger partial charge in [-0.25, -0.2) is 0 Å². The molecular formula is C28H24O7. The quantitative estimate of drug-likeness (QED) is 0.310. The van der Waals surface area contributed by atoms with Crippen LogP contribution < -0.4 is 10.2 Å². The smallest absolute Gasteiger partial charge is 0.239 e. The molecule has 35 heavy (non-hydrogen) atoms. The van der Waals surface area contributed by atoms with Crippen LogP contribution in [0.15, 0.2) is 76.0 Å². The maximum absolute atomic E-state index is 13.2. The van der Waals surface area contributed by atoms with Crippen molar-refractivity contribution in [2.75, 3.05) is 6.61 Å². The molecule has 0 saturated carbocycles. The van der Waals surface area contributed by atoms with Crippen LogP contribution in [0.4, 0.5) is 0 Å². The minimum Gasteiger partial charge on any atom is -0.508 e. The molecule has 0 fully saturated rings. The van der Waals surface area contributed by atoms with Crippen LogP contribution in [-0.4, -0.2) is 27.7 Å². The average molecular weight is 472 g/mol. The van der Waals surface area contributed by atoms with Crippen molar-refractivity contribution in [3.05, 3.63) is 88.1 Å². The van der Waals surface area contributed by atoms with E-state index in [1.54, 1.807) is 6.08 Å². The molecule has 0 saturated heterocycles. The predicted octanol–water partition coefficient (Wildman–Crippen LogP) is 5.36. The molecule has 0 atom stereocenters. The highest BCUT2D eigenvalue weighted by atomic mass is 16.5. The molecule has 1 heterocycles. The third-order valence-electron chi connectivity index (χ3n) is 5.47. The summed E-state index contributed by atoms with van der Waals surface area (Å²) in [5.41, 5.74) is 1.68. The van der Waals surface area contributed by atoms with E-state index < -0.39 is 17.8 Å². The Morgan fingerprint density at radius 2 is 1.66 bits per heavy atom. The van der Waals surface area contributed by atoms with Crippen molar-refractivity contribution in [1.82, 2.24) is 0 Å². The van der Waals surface area contributed by atoms with Crippen LogP contribution in [0.5, 0.6) is 23.0 Å². The standard InChI is InChI=1S/C28H24O7/c1-16(2)18-6-3-17(4-7-18)5-10-21(30)15-34-28-26(33)25-23(32)13-22(31)14-24(25)35-27(28)19-8-11-20(29)12-9-19/h3-14,16,29,31-32H,15H2,1-2H3/b10-5+. The lowest BCUT2D eigenvalue weighted by Crippen LogP contribution is -2.15. The third kappa shape index (κ3) is 5.19. The summed E-state index contributed by atoms with van der Waals surface area (Å²) in [5, 5.41) is 29.4. The zero-order chi connectivity index (χ0) is 25.1. The molecule has 0 unspecified atom stereocenters. The summed E-state index contributed by atoms with van der Waals surface area (Å²) < 4.78 is 11.4. The number of carbonyl (C=O) groups excluding carboxylic acids is 1. The van der Waals surface area contributed by atoms with E-state index in [-0.39, 0.29) is 39.8 Å². The molecule has 0 radical (unpaired) electrons. The van der Waals surface area contributed by atoms with Crippen LogP contribution in [0.1, 0.15) is 30.9 Å². The summed E-state index contributed by atoms with van der Waals surface area (Å²) in [7, 11) is 0. The highest BCUT2D eigenvalue weighted by Gasteiger charge is 2.21. The van der Waals surface area contributed by atoms with Crippen molar-refractivity contribution in [2.45, 2.75) is 19.8 Å². The van der Waals surface area contributed by atoms with Gasteiger partial charge in [-0.05, 0) is 47.4 Å². The second-order valence-corrected chi connectivity index (χ2v) is 8.38. The third-order valence-corrected chi connectivity index (χ3v) is 5.47. The molecule has 0 amide bonds. The van der Waals surface area contributed by atoms with Crippen molar-refractivity contribution in [3.8, 4) is 34.3 Å². The molecule has 4 rings (SSSR count). The highest BCUT2D eigenvalue weighted by molar-refractivity contribution is 5.95. The lowest BCUT2D eigenvalue weighted by molar-refractivity contribution is -0.116. The van der Waals surface area contributed by atoms with Crippen LogP contribution in [0.25, 0.3) is 28.4 Å². The van der Waals surface area contributed by atoms with Gasteiger partial charge >= 0.3 is 0 Å². The van der Waals surface area contributed by atoms with Gasteiger partial charge in [0.25, 0.3) is 0 Å². The summed E-state index contributed by atoms with van der Waals surface area (Å²) in [6, 6.07) is 15.9. The molecule has 0 bridgehead atoms. The first-order valence-electron chi connectivity index (χ1n) is 11.0. The molecule has 4 aromatic rings. The van der Waals surface area contributed by atoms with Gasteiger partial charge in [0.15, 0.2) is 18.2 Å². The van der Waals surface area contributed by atoms with Crippen molar-refractivity contribution in [1.29, 1.82) is 0 Å². The fourth-order valence-corrected chi connectivity index (χ4v) is 3.57. The van der Waals surface area contributed by atoms with Gasteiger partial charge in [-0.1, -0.05) is 44.2 Å². The number of carbonyl (C=O) groups is 1. The Labute approximate surface area is 201 Å². The molecule has 1 aromatic heterocycles. The minimum absolute atomic E-state index is 0.00597. The van der Waals surface area contributed by atoms with Crippen molar-refractivity contribution >= 4 is 22.8 Å². The van der Waals surface area contributed by atoms with E-state index in [0.717, 1.165) is 11.6 Å². The van der Waals surface area contributed by atoms with Crippen LogP contribution in [-0.2, 0) is 4.79 Å². The zero-order valence-corrected chi connectivity index (χ0v) is 19.2. The fraction of sp³-hybridized carbons (Fsp3) is 0.143. The van der Waals surface area contributed by atoms with Gasteiger partial charge in [0, 0.05) is 17.7 Å². The lowest BCUT2D eigenvalue weighted by atomic mass is 10.0. The molecule has 0 aliphatic carbocycles. The second-order valence-electron chi connectivity index (χ2n) is 8.38. The first-order chi connectivity index (χ1) is 16.7. The van der Waals surface area contributed by atoms with E-state index in [4.69, 9.17) is 9.15 Å². The molecule has 7 heteroatoms. The van der Waals surface area contributed by atoms with Gasteiger partial charge in [0.1, 0.15) is 28.2 Å². The molecule has 3 aromatic carbocycles. The first-order valence-corrected chi connectivity index (χ1v) is 11.0. The van der Waals surface area contributed by atoms with Gasteiger partial charge in [-0.3, -0.25) is 9.59 Å². The number of phenols is 3. The summed E-state index contributed by atoms with van der Waals surface area (Å²) in [4.78, 5) is 25.7. The van der Waals surface area contributed by atoms with Gasteiger partial charge < -0.3 is 24.5 Å². The van der Waals surface area contributed by atoms with Crippen LogP contribution in [0.3, 0.4) is 0 Å². The second kappa shape index (κ2) is 9.77. The van der Waals surface area contributed by atoms with Crippen molar-refractivity contribution in [3.63, 3.8) is 0 Å². The predicted molar refractivity (Wildman–Crippen MR) is 133 cm³/mol. The van der Waals surface area contributed by atoms with Gasteiger partial charge in [0.05, 0.1) is 0 Å².